The Labute approximate surface area is 190 Å². The molecule has 3 aromatic rings. The van der Waals surface area contributed by atoms with Crippen molar-refractivity contribution >= 4 is 27.5 Å². The van der Waals surface area contributed by atoms with Crippen LogP contribution in [0.3, 0.4) is 0 Å². The molecule has 0 radical (unpaired) electrons. The average molecular weight is 491 g/mol. The third-order valence-corrected chi connectivity index (χ3v) is 5.32. The molecule has 0 spiro atoms. The molecule has 0 unspecified atom stereocenters. The number of nitrogens with one attached hydrogen (secondary N) is 1. The second-order valence-electron chi connectivity index (χ2n) is 6.81. The van der Waals surface area contributed by atoms with Crippen molar-refractivity contribution in [1.82, 2.24) is 5.32 Å². The Kier molecular flexibility index (Phi) is 8.58. The Bertz CT molecular complexity index is 952. The van der Waals surface area contributed by atoms with Gasteiger partial charge in [0.25, 0.3) is 0 Å². The number of halogens is 2. The van der Waals surface area contributed by atoms with Gasteiger partial charge >= 0.3 is 0 Å². The van der Waals surface area contributed by atoms with E-state index in [1.165, 1.54) is 0 Å². The molecule has 4 nitrogen and oxygen atoms in total. The normalized spacial score (nSPS) is 11.9. The molecule has 0 heterocycles. The Morgan fingerprint density at radius 1 is 1.00 bits per heavy atom. The van der Waals surface area contributed by atoms with Gasteiger partial charge in [-0.2, -0.15) is 0 Å². The summed E-state index contributed by atoms with van der Waals surface area (Å²) >= 11 is 9.66. The number of rotatable bonds is 10. The summed E-state index contributed by atoms with van der Waals surface area (Å²) in [6.07, 6.45) is -0.554. The fourth-order valence-corrected chi connectivity index (χ4v) is 3.87. The van der Waals surface area contributed by atoms with Crippen LogP contribution in [0.5, 0.6) is 11.5 Å². The number of ether oxygens (including phenoxy) is 2. The van der Waals surface area contributed by atoms with Gasteiger partial charge in [0.1, 0.15) is 6.61 Å². The standard InChI is InChI=1S/C24H25BrClNO3/c1-2-29-23-13-18(14-27-15-22(28)19-8-4-3-5-9-19)12-21(25)24(23)30-16-17-7-6-10-20(26)11-17/h3-13,22,27-28H,2,14-16H2,1H3/t22-/m0/s1. The lowest BCUT2D eigenvalue weighted by Gasteiger charge is -2.17. The minimum absolute atomic E-state index is 0.389. The van der Waals surface area contributed by atoms with Gasteiger partial charge in [-0.05, 0) is 63.8 Å². The van der Waals surface area contributed by atoms with Crippen LogP contribution in [0.2, 0.25) is 5.02 Å². The van der Waals surface area contributed by atoms with Crippen LogP contribution in [-0.2, 0) is 13.2 Å². The van der Waals surface area contributed by atoms with Gasteiger partial charge in [-0.3, -0.25) is 0 Å². The van der Waals surface area contributed by atoms with Crippen LogP contribution < -0.4 is 14.8 Å². The van der Waals surface area contributed by atoms with E-state index in [-0.39, 0.29) is 0 Å². The van der Waals surface area contributed by atoms with Crippen LogP contribution >= 0.6 is 27.5 Å². The molecular weight excluding hydrogens is 466 g/mol. The summed E-state index contributed by atoms with van der Waals surface area (Å²) in [5, 5.41) is 14.3. The van der Waals surface area contributed by atoms with E-state index in [9.17, 15) is 5.11 Å². The molecule has 30 heavy (non-hydrogen) atoms. The van der Waals surface area contributed by atoms with Crippen LogP contribution in [-0.4, -0.2) is 18.3 Å². The molecule has 0 bridgehead atoms. The van der Waals surface area contributed by atoms with Gasteiger partial charge in [0.15, 0.2) is 11.5 Å². The second kappa shape index (κ2) is 11.4. The van der Waals surface area contributed by atoms with E-state index in [2.05, 4.69) is 21.2 Å². The zero-order valence-electron chi connectivity index (χ0n) is 16.8. The van der Waals surface area contributed by atoms with Crippen molar-refractivity contribution in [3.8, 4) is 11.5 Å². The summed E-state index contributed by atoms with van der Waals surface area (Å²) in [7, 11) is 0. The zero-order chi connectivity index (χ0) is 21.3. The summed E-state index contributed by atoms with van der Waals surface area (Å²) in [4.78, 5) is 0. The van der Waals surface area contributed by atoms with E-state index < -0.39 is 6.10 Å². The maximum atomic E-state index is 10.3. The monoisotopic (exact) mass is 489 g/mol. The van der Waals surface area contributed by atoms with Gasteiger partial charge in [0.2, 0.25) is 0 Å². The SMILES string of the molecule is CCOc1cc(CNC[C@H](O)c2ccccc2)cc(Br)c1OCc1cccc(Cl)c1. The van der Waals surface area contributed by atoms with E-state index in [1.54, 1.807) is 0 Å². The number of hydrogen-bond donors (Lipinski definition) is 2. The lowest BCUT2D eigenvalue weighted by molar-refractivity contribution is 0.174. The second-order valence-corrected chi connectivity index (χ2v) is 8.10. The van der Waals surface area contributed by atoms with Crippen molar-refractivity contribution in [2.24, 2.45) is 0 Å². The Balaban J connectivity index is 1.64. The van der Waals surface area contributed by atoms with Gasteiger partial charge in [0, 0.05) is 18.1 Å². The molecule has 0 saturated carbocycles. The first-order valence-corrected chi connectivity index (χ1v) is 11.0. The third kappa shape index (κ3) is 6.47. The highest BCUT2D eigenvalue weighted by Crippen LogP contribution is 2.37. The van der Waals surface area contributed by atoms with Crippen molar-refractivity contribution in [1.29, 1.82) is 0 Å². The summed E-state index contributed by atoms with van der Waals surface area (Å²) < 4.78 is 12.7. The highest BCUT2D eigenvalue weighted by Gasteiger charge is 2.13. The fourth-order valence-electron chi connectivity index (χ4n) is 3.05. The van der Waals surface area contributed by atoms with Gasteiger partial charge in [-0.1, -0.05) is 54.1 Å². The summed E-state index contributed by atoms with van der Waals surface area (Å²) in [5.41, 5.74) is 2.91. The zero-order valence-corrected chi connectivity index (χ0v) is 19.1. The van der Waals surface area contributed by atoms with Crippen LogP contribution in [0, 0.1) is 0 Å². The molecule has 0 fully saturated rings. The van der Waals surface area contributed by atoms with Gasteiger partial charge < -0.3 is 19.9 Å². The molecule has 0 aliphatic heterocycles. The predicted octanol–water partition coefficient (Wildman–Crippen LogP) is 5.90. The third-order valence-electron chi connectivity index (χ3n) is 4.49. The van der Waals surface area contributed by atoms with Crippen LogP contribution in [0.15, 0.2) is 71.2 Å². The lowest BCUT2D eigenvalue weighted by atomic mass is 10.1. The molecule has 0 saturated heterocycles. The first-order valence-electron chi connectivity index (χ1n) is 9.83. The molecule has 0 amide bonds. The number of aliphatic hydroxyl groups is 1. The van der Waals surface area contributed by atoms with Crippen molar-refractivity contribution in [2.75, 3.05) is 13.2 Å². The Hall–Kier alpha value is -2.05. The smallest absolute Gasteiger partial charge is 0.175 e. The van der Waals surface area contributed by atoms with Gasteiger partial charge in [-0.25, -0.2) is 0 Å². The van der Waals surface area contributed by atoms with Crippen LogP contribution in [0.25, 0.3) is 0 Å². The summed E-state index contributed by atoms with van der Waals surface area (Å²) in [5.74, 6) is 1.33. The van der Waals surface area contributed by atoms with E-state index >= 15 is 0 Å². The number of aliphatic hydroxyl groups excluding tert-OH is 1. The largest absolute Gasteiger partial charge is 0.490 e. The highest BCUT2D eigenvalue weighted by molar-refractivity contribution is 9.10. The maximum absolute atomic E-state index is 10.3. The van der Waals surface area contributed by atoms with E-state index in [4.69, 9.17) is 21.1 Å². The van der Waals surface area contributed by atoms with Crippen LogP contribution in [0.1, 0.15) is 29.7 Å². The van der Waals surface area contributed by atoms with Crippen LogP contribution in [0.4, 0.5) is 0 Å². The Morgan fingerprint density at radius 3 is 2.53 bits per heavy atom. The topological polar surface area (TPSA) is 50.7 Å². The Morgan fingerprint density at radius 2 is 1.80 bits per heavy atom. The molecule has 2 N–H and O–H groups in total. The van der Waals surface area contributed by atoms with E-state index in [1.807, 2.05) is 73.7 Å². The molecule has 0 aliphatic carbocycles. The van der Waals surface area contributed by atoms with Crippen molar-refractivity contribution < 1.29 is 14.6 Å². The van der Waals surface area contributed by atoms with E-state index in [0.717, 1.165) is 21.2 Å². The molecule has 3 aromatic carbocycles. The van der Waals surface area contributed by atoms with Gasteiger partial charge in [0.05, 0.1) is 17.2 Å². The molecular formula is C24H25BrClNO3. The molecule has 1 atom stereocenters. The first kappa shape index (κ1) is 22.6. The quantitative estimate of drug-likeness (QED) is 0.371. The predicted molar refractivity (Wildman–Crippen MR) is 124 cm³/mol. The summed E-state index contributed by atoms with van der Waals surface area (Å²) in [6, 6.07) is 21.2. The number of hydrogen-bond acceptors (Lipinski definition) is 4. The maximum Gasteiger partial charge on any atom is 0.175 e. The lowest BCUT2D eigenvalue weighted by Crippen LogP contribution is -2.21. The molecule has 6 heteroatoms. The van der Waals surface area contributed by atoms with Crippen molar-refractivity contribution in [2.45, 2.75) is 26.2 Å². The molecule has 158 valence electrons. The number of benzene rings is 3. The molecule has 0 aromatic heterocycles. The minimum atomic E-state index is -0.554. The summed E-state index contributed by atoms with van der Waals surface area (Å²) in [6.45, 7) is 3.91. The van der Waals surface area contributed by atoms with Crippen molar-refractivity contribution in [3.63, 3.8) is 0 Å². The molecule has 3 rings (SSSR count). The first-order chi connectivity index (χ1) is 14.6. The average Bonchev–Trinajstić information content (AvgIpc) is 2.74. The van der Waals surface area contributed by atoms with Crippen molar-refractivity contribution in [3.05, 3.63) is 92.9 Å². The molecule has 0 aliphatic rings. The van der Waals surface area contributed by atoms with E-state index in [0.29, 0.717) is 42.8 Å². The van der Waals surface area contributed by atoms with Gasteiger partial charge in [-0.15, -0.1) is 0 Å². The fraction of sp³-hybridized carbons (Fsp3) is 0.250. The minimum Gasteiger partial charge on any atom is -0.490 e. The highest BCUT2D eigenvalue weighted by atomic mass is 79.9.